The number of hydrogen-bond donors (Lipinski definition) is 6. The van der Waals surface area contributed by atoms with Crippen molar-refractivity contribution < 1.29 is 59.4 Å². The van der Waals surface area contributed by atoms with Crippen LogP contribution in [-0.2, 0) is 32.0 Å². The number of hydrogen-bond acceptors (Lipinski definition) is 6. The van der Waals surface area contributed by atoms with Crippen LogP contribution in [0.15, 0.2) is 12.1 Å². The largest absolute Gasteiger partial charge is 0.481 e. The molecule has 0 aliphatic heterocycles. The highest BCUT2D eigenvalue weighted by Crippen LogP contribution is 2.43. The first-order valence-corrected chi connectivity index (χ1v) is 17.2. The van der Waals surface area contributed by atoms with Crippen LogP contribution >= 0.6 is 0 Å². The Hall–Kier alpha value is -3.96. The Morgan fingerprint density at radius 2 is 1.27 bits per heavy atom. The Balaban J connectivity index is 0.000000252. The van der Waals surface area contributed by atoms with E-state index in [1.165, 1.54) is 6.07 Å². The fourth-order valence-corrected chi connectivity index (χ4v) is 7.37. The predicted molar refractivity (Wildman–Crippen MR) is 175 cm³/mol. The van der Waals surface area contributed by atoms with Gasteiger partial charge >= 0.3 is 35.8 Å². The molecule has 12 heteroatoms. The Kier molecular flexibility index (Phi) is 16.0. The summed E-state index contributed by atoms with van der Waals surface area (Å²) in [5.74, 6) is -5.64. The molecule has 2 fully saturated rings. The maximum Gasteiger partial charge on any atom is 0.336 e. The predicted octanol–water partition coefficient (Wildman–Crippen LogP) is 7.15. The molecule has 0 bridgehead atoms. The topological polar surface area (TPSA) is 224 Å². The minimum Gasteiger partial charge on any atom is -0.481 e. The maximum absolute atomic E-state index is 11.3. The molecule has 3 aliphatic carbocycles. The van der Waals surface area contributed by atoms with Crippen molar-refractivity contribution in [2.45, 2.75) is 135 Å². The van der Waals surface area contributed by atoms with E-state index in [1.54, 1.807) is 13.0 Å². The molecule has 2 saturated carbocycles. The monoisotopic (exact) mass is 676 g/mol. The van der Waals surface area contributed by atoms with Gasteiger partial charge in [0.15, 0.2) is 0 Å². The van der Waals surface area contributed by atoms with E-state index in [-0.39, 0.29) is 29.9 Å². The fourth-order valence-electron chi connectivity index (χ4n) is 7.37. The third-order valence-electron chi connectivity index (χ3n) is 10.3. The second kappa shape index (κ2) is 19.1. The Morgan fingerprint density at radius 3 is 1.83 bits per heavy atom. The van der Waals surface area contributed by atoms with E-state index < -0.39 is 46.6 Å². The average Bonchev–Trinajstić information content (AvgIpc) is 3.51. The zero-order valence-electron chi connectivity index (χ0n) is 28.0. The number of aromatic carboxylic acids is 2. The first-order valence-electron chi connectivity index (χ1n) is 17.2. The van der Waals surface area contributed by atoms with Crippen LogP contribution in [-0.4, -0.2) is 66.5 Å². The maximum atomic E-state index is 11.3. The highest BCUT2D eigenvalue weighted by atomic mass is 16.4. The van der Waals surface area contributed by atoms with E-state index in [0.717, 1.165) is 108 Å². The molecule has 1 unspecified atom stereocenters. The van der Waals surface area contributed by atoms with Crippen molar-refractivity contribution >= 4 is 35.8 Å². The third-order valence-corrected chi connectivity index (χ3v) is 10.3. The lowest BCUT2D eigenvalue weighted by atomic mass is 9.66. The van der Waals surface area contributed by atoms with Gasteiger partial charge in [0.1, 0.15) is 0 Å². The summed E-state index contributed by atoms with van der Waals surface area (Å²) < 4.78 is 0. The molecular weight excluding hydrogens is 624 g/mol. The van der Waals surface area contributed by atoms with Crippen LogP contribution in [0.3, 0.4) is 0 Å². The first-order chi connectivity index (χ1) is 22.6. The number of aryl methyl sites for hydroxylation is 1. The Bertz CT molecular complexity index is 1300. The smallest absolute Gasteiger partial charge is 0.336 e. The molecule has 2 atom stereocenters. The second-order valence-corrected chi connectivity index (χ2v) is 13.7. The van der Waals surface area contributed by atoms with Crippen molar-refractivity contribution in [2.24, 2.45) is 16.7 Å². The molecule has 0 heterocycles. The van der Waals surface area contributed by atoms with Crippen LogP contribution in [0.5, 0.6) is 0 Å². The molecule has 1 aromatic rings. The number of benzene rings is 1. The van der Waals surface area contributed by atoms with Gasteiger partial charge in [0, 0.05) is 12.8 Å². The van der Waals surface area contributed by atoms with Crippen molar-refractivity contribution in [1.29, 1.82) is 0 Å². The molecule has 0 amide bonds. The summed E-state index contributed by atoms with van der Waals surface area (Å²) >= 11 is 0. The van der Waals surface area contributed by atoms with E-state index in [0.29, 0.717) is 18.4 Å². The molecule has 0 spiro atoms. The van der Waals surface area contributed by atoms with E-state index >= 15 is 0 Å². The molecule has 1 aromatic carbocycles. The van der Waals surface area contributed by atoms with Crippen LogP contribution in [0.1, 0.15) is 154 Å². The number of carbonyl (C=O) groups is 6. The third kappa shape index (κ3) is 11.6. The second-order valence-electron chi connectivity index (χ2n) is 13.7. The van der Waals surface area contributed by atoms with Crippen LogP contribution in [0.25, 0.3) is 0 Å². The van der Waals surface area contributed by atoms with Gasteiger partial charge in [-0.05, 0) is 94.2 Å². The number of rotatable bonds is 14. The molecular formula is C36H52O12. The van der Waals surface area contributed by atoms with Gasteiger partial charge in [-0.25, -0.2) is 9.59 Å². The zero-order valence-corrected chi connectivity index (χ0v) is 28.0. The summed E-state index contributed by atoms with van der Waals surface area (Å²) in [7, 11) is 0. The quantitative estimate of drug-likeness (QED) is 0.108. The van der Waals surface area contributed by atoms with Gasteiger partial charge in [-0.1, -0.05) is 57.4 Å². The summed E-state index contributed by atoms with van der Waals surface area (Å²) in [6, 6.07) is 3.14. The van der Waals surface area contributed by atoms with Gasteiger partial charge in [-0.3, -0.25) is 19.2 Å². The molecule has 0 radical (unpaired) electrons. The van der Waals surface area contributed by atoms with Gasteiger partial charge in [0.25, 0.3) is 0 Å². The van der Waals surface area contributed by atoms with Gasteiger partial charge < -0.3 is 30.6 Å². The highest BCUT2D eigenvalue weighted by molar-refractivity contribution is 6.03. The summed E-state index contributed by atoms with van der Waals surface area (Å²) in [6.45, 7) is 1.67. The van der Waals surface area contributed by atoms with Crippen molar-refractivity contribution in [3.05, 3.63) is 34.4 Å². The Morgan fingerprint density at radius 1 is 0.667 bits per heavy atom. The van der Waals surface area contributed by atoms with Gasteiger partial charge in [-0.2, -0.15) is 0 Å². The summed E-state index contributed by atoms with van der Waals surface area (Å²) in [4.78, 5) is 65.4. The number of carboxylic acids is 6. The fraction of sp³-hybridized carbons (Fsp3) is 0.667. The Labute approximate surface area is 281 Å². The first kappa shape index (κ1) is 40.2. The van der Waals surface area contributed by atoms with Crippen LogP contribution in [0.4, 0.5) is 0 Å². The van der Waals surface area contributed by atoms with Gasteiger partial charge in [-0.15, -0.1) is 0 Å². The molecule has 3 aliphatic rings. The lowest BCUT2D eigenvalue weighted by Gasteiger charge is -2.37. The molecule has 6 N–H and O–H groups in total. The standard InChI is InChI=1S/C14H24O4.C12H12O4.C10H16O4/c15-12(16)8-4-2-1-3-5-9-14(13(17)18)10-6-7-11-14;13-11(14)9-6-5-7-3-1-2-4-8(7)10(9)12(15)16;1-10(9(13)14)5-3-2-4-7(10)6-8(11)12/h1-11H2,(H,15,16)(H,17,18);5-6H,1-4H2,(H,13,14)(H,15,16);7H,2-6H2,1H3,(H,11,12)(H,13,14)/t;;7?,10-/m..1/s1. The molecule has 48 heavy (non-hydrogen) atoms. The molecule has 0 aromatic heterocycles. The summed E-state index contributed by atoms with van der Waals surface area (Å²) in [5.41, 5.74) is 0.280. The van der Waals surface area contributed by atoms with E-state index in [2.05, 4.69) is 0 Å². The van der Waals surface area contributed by atoms with Crippen LogP contribution < -0.4 is 0 Å². The minimum atomic E-state index is -1.18. The van der Waals surface area contributed by atoms with Gasteiger partial charge in [0.05, 0.1) is 22.0 Å². The van der Waals surface area contributed by atoms with E-state index in [4.69, 9.17) is 25.5 Å². The van der Waals surface area contributed by atoms with Crippen LogP contribution in [0.2, 0.25) is 0 Å². The summed E-state index contributed by atoms with van der Waals surface area (Å²) in [6.07, 6.45) is 16.1. The van der Waals surface area contributed by atoms with Crippen LogP contribution in [0, 0.1) is 16.7 Å². The molecule has 0 saturated heterocycles. The molecule has 4 rings (SSSR count). The van der Waals surface area contributed by atoms with E-state index in [1.807, 2.05) is 0 Å². The molecule has 12 nitrogen and oxygen atoms in total. The lowest BCUT2D eigenvalue weighted by molar-refractivity contribution is -0.156. The average molecular weight is 677 g/mol. The highest BCUT2D eigenvalue weighted by Gasteiger charge is 2.44. The van der Waals surface area contributed by atoms with Crippen molar-refractivity contribution in [3.8, 4) is 0 Å². The number of carboxylic acid groups (broad SMARTS) is 6. The van der Waals surface area contributed by atoms with Crippen molar-refractivity contribution in [2.75, 3.05) is 0 Å². The van der Waals surface area contributed by atoms with Gasteiger partial charge in [0.2, 0.25) is 0 Å². The SMILES string of the molecule is C[C@@]1(C(=O)O)CCCCC1CC(=O)O.O=C(O)CCCCCCCC1(C(=O)O)CCCC1.O=C(O)c1ccc2c(c1C(=O)O)CCCC2. The normalized spacial score (nSPS) is 20.9. The van der Waals surface area contributed by atoms with Crippen molar-refractivity contribution in [3.63, 3.8) is 0 Å². The van der Waals surface area contributed by atoms with E-state index in [9.17, 15) is 33.9 Å². The summed E-state index contributed by atoms with van der Waals surface area (Å²) in [5, 5.41) is 53.6. The van der Waals surface area contributed by atoms with Crippen molar-refractivity contribution in [1.82, 2.24) is 0 Å². The minimum absolute atomic E-state index is 0.0234. The zero-order chi connectivity index (χ0) is 35.9. The lowest BCUT2D eigenvalue weighted by Crippen LogP contribution is -2.39. The number of aliphatic carboxylic acids is 4. The number of unbranched alkanes of at least 4 members (excludes halogenated alkanes) is 4. The molecule has 268 valence electrons. The number of fused-ring (bicyclic) bond motifs is 1.